The summed E-state index contributed by atoms with van der Waals surface area (Å²) in [6.07, 6.45) is 14.8. The number of aliphatic hydroxyl groups is 2. The van der Waals surface area contributed by atoms with E-state index in [1.54, 1.807) is 0 Å². The van der Waals surface area contributed by atoms with E-state index in [-0.39, 0.29) is 11.3 Å². The molecule has 4 rings (SSSR count). The number of hydrogen-bond donors (Lipinski definition) is 2. The first-order valence-electron chi connectivity index (χ1n) is 13.0. The molecule has 2 N–H and O–H groups in total. The van der Waals surface area contributed by atoms with Gasteiger partial charge in [-0.3, -0.25) is 0 Å². The molecule has 0 amide bonds. The summed E-state index contributed by atoms with van der Waals surface area (Å²) in [7, 11) is 0. The average molecular weight is 405 g/mol. The lowest BCUT2D eigenvalue weighted by Gasteiger charge is -2.61. The van der Waals surface area contributed by atoms with Gasteiger partial charge in [0.05, 0.1) is 11.7 Å². The molecule has 0 aromatic carbocycles. The lowest BCUT2D eigenvalue weighted by atomic mass is 9.44. The lowest BCUT2D eigenvalue weighted by Crippen LogP contribution is -2.56. The molecule has 29 heavy (non-hydrogen) atoms. The molecule has 0 radical (unpaired) electrons. The van der Waals surface area contributed by atoms with Crippen LogP contribution < -0.4 is 0 Å². The molecule has 0 heterocycles. The lowest BCUT2D eigenvalue weighted by molar-refractivity contribution is -0.163. The Morgan fingerprint density at radius 3 is 2.31 bits per heavy atom. The summed E-state index contributed by atoms with van der Waals surface area (Å²) in [6.45, 7) is 11.5. The molecule has 0 spiro atoms. The largest absolute Gasteiger partial charge is 0.390 e. The summed E-state index contributed by atoms with van der Waals surface area (Å²) in [5.41, 5.74) is -0.154. The van der Waals surface area contributed by atoms with Crippen LogP contribution in [0.5, 0.6) is 0 Å². The number of hydrogen-bond acceptors (Lipinski definition) is 2. The van der Waals surface area contributed by atoms with Crippen molar-refractivity contribution >= 4 is 0 Å². The first-order valence-corrected chi connectivity index (χ1v) is 13.0. The standard InChI is InChI=1S/C27H48O2/c1-18(2)9-14-24(28)27(5,29)23-13-12-21-20-11-10-19-8-6-7-16-25(19,3)22(20)15-17-26(21,23)4/h18-24,28-29H,6-17H2,1-5H3. The van der Waals surface area contributed by atoms with E-state index < -0.39 is 11.7 Å². The molecule has 4 aliphatic rings. The van der Waals surface area contributed by atoms with Crippen molar-refractivity contribution in [1.29, 1.82) is 0 Å². The molecule has 9 unspecified atom stereocenters. The highest BCUT2D eigenvalue weighted by Crippen LogP contribution is 2.68. The van der Waals surface area contributed by atoms with Gasteiger partial charge >= 0.3 is 0 Å². The number of aliphatic hydroxyl groups excluding tert-OH is 1. The Morgan fingerprint density at radius 2 is 1.59 bits per heavy atom. The van der Waals surface area contributed by atoms with Crippen LogP contribution in [0.3, 0.4) is 0 Å². The second kappa shape index (κ2) is 7.80. The predicted octanol–water partition coefficient (Wildman–Crippen LogP) is 6.58. The Kier molecular flexibility index (Phi) is 5.95. The highest BCUT2D eigenvalue weighted by atomic mass is 16.3. The zero-order chi connectivity index (χ0) is 21.0. The van der Waals surface area contributed by atoms with Gasteiger partial charge in [-0.2, -0.15) is 0 Å². The van der Waals surface area contributed by atoms with E-state index in [1.807, 2.05) is 6.92 Å². The minimum atomic E-state index is -0.947. The summed E-state index contributed by atoms with van der Waals surface area (Å²) in [4.78, 5) is 0. The van der Waals surface area contributed by atoms with E-state index in [2.05, 4.69) is 27.7 Å². The maximum Gasteiger partial charge on any atom is 0.0910 e. The van der Waals surface area contributed by atoms with Gasteiger partial charge in [-0.25, -0.2) is 0 Å². The fraction of sp³-hybridized carbons (Fsp3) is 1.00. The van der Waals surface area contributed by atoms with Crippen molar-refractivity contribution in [2.24, 2.45) is 46.3 Å². The van der Waals surface area contributed by atoms with Gasteiger partial charge in [-0.05, 0) is 117 Å². The van der Waals surface area contributed by atoms with Crippen molar-refractivity contribution in [3.05, 3.63) is 0 Å². The van der Waals surface area contributed by atoms with Gasteiger partial charge in [-0.15, -0.1) is 0 Å². The number of fused-ring (bicyclic) bond motifs is 5. The van der Waals surface area contributed by atoms with Crippen LogP contribution >= 0.6 is 0 Å². The van der Waals surface area contributed by atoms with Crippen LogP contribution in [0.2, 0.25) is 0 Å². The van der Waals surface area contributed by atoms with E-state index >= 15 is 0 Å². The van der Waals surface area contributed by atoms with E-state index in [4.69, 9.17) is 0 Å². The average Bonchev–Trinajstić information content (AvgIpc) is 3.03. The Morgan fingerprint density at radius 1 is 0.862 bits per heavy atom. The fourth-order valence-corrected chi connectivity index (χ4v) is 9.27. The third kappa shape index (κ3) is 3.53. The Balaban J connectivity index is 1.53. The van der Waals surface area contributed by atoms with E-state index in [9.17, 15) is 10.2 Å². The van der Waals surface area contributed by atoms with Crippen LogP contribution in [0.4, 0.5) is 0 Å². The van der Waals surface area contributed by atoms with Crippen LogP contribution in [-0.2, 0) is 0 Å². The van der Waals surface area contributed by atoms with Crippen molar-refractivity contribution in [2.45, 2.75) is 123 Å². The van der Waals surface area contributed by atoms with Crippen LogP contribution in [0, 0.1) is 46.3 Å². The van der Waals surface area contributed by atoms with Gasteiger partial charge in [0.15, 0.2) is 0 Å². The minimum Gasteiger partial charge on any atom is -0.390 e. The fourth-order valence-electron chi connectivity index (χ4n) is 9.27. The quantitative estimate of drug-likeness (QED) is 0.543. The van der Waals surface area contributed by atoms with E-state index in [1.165, 1.54) is 57.8 Å². The highest BCUT2D eigenvalue weighted by molar-refractivity contribution is 5.12. The zero-order valence-corrected chi connectivity index (χ0v) is 19.9. The SMILES string of the molecule is CC(C)CCC(O)C(C)(O)C1CCC2C3CCC4CCCCC4(C)C3CCC21C. The normalized spacial score (nSPS) is 47.8. The topological polar surface area (TPSA) is 40.5 Å². The molecule has 2 heteroatoms. The highest BCUT2D eigenvalue weighted by Gasteiger charge is 2.62. The van der Waals surface area contributed by atoms with Crippen molar-refractivity contribution in [3.63, 3.8) is 0 Å². The molecule has 0 aromatic heterocycles. The molecule has 0 saturated heterocycles. The summed E-state index contributed by atoms with van der Waals surface area (Å²) in [5.74, 6) is 4.33. The molecule has 4 fully saturated rings. The summed E-state index contributed by atoms with van der Waals surface area (Å²) in [6, 6.07) is 0. The smallest absolute Gasteiger partial charge is 0.0910 e. The second-order valence-corrected chi connectivity index (χ2v) is 12.8. The van der Waals surface area contributed by atoms with Crippen LogP contribution in [-0.4, -0.2) is 21.9 Å². The third-order valence-electron chi connectivity index (χ3n) is 11.0. The first kappa shape index (κ1) is 22.1. The summed E-state index contributed by atoms with van der Waals surface area (Å²) >= 11 is 0. The Hall–Kier alpha value is -0.0800. The molecule has 4 aliphatic carbocycles. The number of rotatable bonds is 5. The second-order valence-electron chi connectivity index (χ2n) is 12.8. The molecule has 0 aliphatic heterocycles. The van der Waals surface area contributed by atoms with E-state index in [0.717, 1.165) is 42.9 Å². The van der Waals surface area contributed by atoms with Crippen LogP contribution in [0.25, 0.3) is 0 Å². The van der Waals surface area contributed by atoms with Crippen molar-refractivity contribution in [1.82, 2.24) is 0 Å². The van der Waals surface area contributed by atoms with Crippen molar-refractivity contribution in [3.8, 4) is 0 Å². The molecule has 2 nitrogen and oxygen atoms in total. The van der Waals surface area contributed by atoms with Crippen molar-refractivity contribution < 1.29 is 10.2 Å². The van der Waals surface area contributed by atoms with Gasteiger partial charge < -0.3 is 10.2 Å². The molecule has 168 valence electrons. The summed E-state index contributed by atoms with van der Waals surface area (Å²) in [5, 5.41) is 22.6. The van der Waals surface area contributed by atoms with Crippen molar-refractivity contribution in [2.75, 3.05) is 0 Å². The van der Waals surface area contributed by atoms with Gasteiger partial charge in [0.1, 0.15) is 0 Å². The minimum absolute atomic E-state index is 0.210. The monoisotopic (exact) mass is 404 g/mol. The van der Waals surface area contributed by atoms with Gasteiger partial charge in [0, 0.05) is 0 Å². The maximum absolute atomic E-state index is 11.6. The summed E-state index contributed by atoms with van der Waals surface area (Å²) < 4.78 is 0. The van der Waals surface area contributed by atoms with E-state index in [0.29, 0.717) is 11.3 Å². The van der Waals surface area contributed by atoms with Gasteiger partial charge in [-0.1, -0.05) is 40.5 Å². The van der Waals surface area contributed by atoms with Gasteiger partial charge in [0.25, 0.3) is 0 Å². The molecule has 4 saturated carbocycles. The maximum atomic E-state index is 11.6. The zero-order valence-electron chi connectivity index (χ0n) is 19.9. The molecular weight excluding hydrogens is 356 g/mol. The molecule has 0 aromatic rings. The van der Waals surface area contributed by atoms with Gasteiger partial charge in [0.2, 0.25) is 0 Å². The molecule has 0 bridgehead atoms. The molecular formula is C27H48O2. The van der Waals surface area contributed by atoms with Crippen LogP contribution in [0.15, 0.2) is 0 Å². The predicted molar refractivity (Wildman–Crippen MR) is 121 cm³/mol. The van der Waals surface area contributed by atoms with Crippen LogP contribution in [0.1, 0.15) is 112 Å². The molecule has 9 atom stereocenters. The Bertz CT molecular complexity index is 583. The Labute approximate surface area is 180 Å². The first-order chi connectivity index (χ1) is 13.6. The third-order valence-corrected chi connectivity index (χ3v) is 11.0.